The Morgan fingerprint density at radius 1 is 1.26 bits per heavy atom. The smallest absolute Gasteiger partial charge is 0.236 e. The van der Waals surface area contributed by atoms with Gasteiger partial charge in [-0.05, 0) is 51.6 Å². The van der Waals surface area contributed by atoms with Gasteiger partial charge in [-0.2, -0.15) is 0 Å². The summed E-state index contributed by atoms with van der Waals surface area (Å²) in [6, 6.07) is 0.558. The van der Waals surface area contributed by atoms with E-state index in [0.717, 1.165) is 39.1 Å². The molecule has 19 heavy (non-hydrogen) atoms. The molecule has 0 spiro atoms. The van der Waals surface area contributed by atoms with E-state index in [1.165, 1.54) is 32.1 Å². The van der Waals surface area contributed by atoms with E-state index >= 15 is 0 Å². The first kappa shape index (κ1) is 14.8. The molecule has 4 heteroatoms. The summed E-state index contributed by atoms with van der Waals surface area (Å²) in [6.07, 6.45) is 7.26. The van der Waals surface area contributed by atoms with E-state index in [2.05, 4.69) is 22.0 Å². The van der Waals surface area contributed by atoms with E-state index in [1.807, 2.05) is 0 Å². The molecule has 2 aliphatic heterocycles. The van der Waals surface area contributed by atoms with Crippen molar-refractivity contribution >= 4 is 5.91 Å². The van der Waals surface area contributed by atoms with Gasteiger partial charge in [-0.25, -0.2) is 0 Å². The van der Waals surface area contributed by atoms with Crippen LogP contribution in [0.5, 0.6) is 0 Å². The Labute approximate surface area is 117 Å². The number of hydrogen-bond donors (Lipinski definition) is 1. The summed E-state index contributed by atoms with van der Waals surface area (Å²) in [5.41, 5.74) is 0. The number of carbonyl (C=O) groups is 1. The second kappa shape index (κ2) is 7.85. The van der Waals surface area contributed by atoms with Crippen molar-refractivity contribution < 1.29 is 4.79 Å². The van der Waals surface area contributed by atoms with Gasteiger partial charge in [0.2, 0.25) is 5.91 Å². The number of nitrogens with zero attached hydrogens (tertiary/aromatic N) is 2. The summed E-state index contributed by atoms with van der Waals surface area (Å²) >= 11 is 0. The molecule has 2 fully saturated rings. The van der Waals surface area contributed by atoms with Crippen LogP contribution >= 0.6 is 0 Å². The molecule has 0 radical (unpaired) electrons. The summed E-state index contributed by atoms with van der Waals surface area (Å²) < 4.78 is 0. The molecule has 2 saturated heterocycles. The first-order chi connectivity index (χ1) is 9.31. The van der Waals surface area contributed by atoms with Crippen molar-refractivity contribution in [1.82, 2.24) is 15.1 Å². The van der Waals surface area contributed by atoms with Gasteiger partial charge >= 0.3 is 0 Å². The first-order valence-corrected chi connectivity index (χ1v) is 8.04. The molecular formula is C15H29N3O. The van der Waals surface area contributed by atoms with Crippen molar-refractivity contribution in [3.8, 4) is 0 Å². The van der Waals surface area contributed by atoms with Gasteiger partial charge in [-0.3, -0.25) is 9.69 Å². The predicted octanol–water partition coefficient (Wildman–Crippen LogP) is 1.46. The maximum atomic E-state index is 12.4. The van der Waals surface area contributed by atoms with Crippen LogP contribution in [0.25, 0.3) is 0 Å². The lowest BCUT2D eigenvalue weighted by molar-refractivity contribution is -0.134. The van der Waals surface area contributed by atoms with Crippen LogP contribution in [-0.4, -0.2) is 61.0 Å². The fourth-order valence-electron chi connectivity index (χ4n) is 3.24. The van der Waals surface area contributed by atoms with Crippen LogP contribution in [-0.2, 0) is 4.79 Å². The zero-order chi connectivity index (χ0) is 13.5. The highest BCUT2D eigenvalue weighted by atomic mass is 16.2. The number of likely N-dealkylation sites (tertiary alicyclic amines) is 1. The largest absolute Gasteiger partial charge is 0.342 e. The Balaban J connectivity index is 1.85. The second-order valence-corrected chi connectivity index (χ2v) is 5.91. The number of hydrogen-bond acceptors (Lipinski definition) is 3. The maximum Gasteiger partial charge on any atom is 0.236 e. The highest BCUT2D eigenvalue weighted by Gasteiger charge is 2.25. The van der Waals surface area contributed by atoms with Gasteiger partial charge in [0, 0.05) is 25.7 Å². The average Bonchev–Trinajstić information content (AvgIpc) is 2.48. The molecule has 0 aromatic rings. The fraction of sp³-hybridized carbons (Fsp3) is 0.933. The molecule has 0 aliphatic carbocycles. The molecule has 4 nitrogen and oxygen atoms in total. The van der Waals surface area contributed by atoms with E-state index in [0.29, 0.717) is 18.5 Å². The highest BCUT2D eigenvalue weighted by molar-refractivity contribution is 5.78. The summed E-state index contributed by atoms with van der Waals surface area (Å²) in [7, 11) is 0. The molecular weight excluding hydrogens is 238 g/mol. The van der Waals surface area contributed by atoms with Gasteiger partial charge in [0.1, 0.15) is 0 Å². The monoisotopic (exact) mass is 267 g/mol. The summed E-state index contributed by atoms with van der Waals surface area (Å²) in [5, 5.41) is 3.46. The van der Waals surface area contributed by atoms with Crippen molar-refractivity contribution in [3.63, 3.8) is 0 Å². The third-order valence-corrected chi connectivity index (χ3v) is 4.35. The van der Waals surface area contributed by atoms with Crippen LogP contribution in [0.3, 0.4) is 0 Å². The Hall–Kier alpha value is -0.610. The topological polar surface area (TPSA) is 35.6 Å². The van der Waals surface area contributed by atoms with Gasteiger partial charge < -0.3 is 10.2 Å². The lowest BCUT2D eigenvalue weighted by atomic mass is 10.1. The van der Waals surface area contributed by atoms with Crippen LogP contribution in [0.2, 0.25) is 0 Å². The Morgan fingerprint density at radius 3 is 2.68 bits per heavy atom. The van der Waals surface area contributed by atoms with Crippen molar-refractivity contribution in [2.75, 3.05) is 39.3 Å². The van der Waals surface area contributed by atoms with E-state index in [9.17, 15) is 4.79 Å². The number of nitrogens with one attached hydrogen (secondary N) is 1. The molecule has 0 aromatic carbocycles. The van der Waals surface area contributed by atoms with Gasteiger partial charge in [0.05, 0.1) is 6.54 Å². The molecule has 2 heterocycles. The lowest BCUT2D eigenvalue weighted by Gasteiger charge is -2.36. The average molecular weight is 267 g/mol. The lowest BCUT2D eigenvalue weighted by Crippen LogP contribution is -2.51. The maximum absolute atomic E-state index is 12.4. The molecule has 0 aromatic heterocycles. The van der Waals surface area contributed by atoms with Gasteiger partial charge in [-0.15, -0.1) is 0 Å². The molecule has 2 rings (SSSR count). The Morgan fingerprint density at radius 2 is 2.05 bits per heavy atom. The van der Waals surface area contributed by atoms with Crippen molar-refractivity contribution in [2.24, 2.45) is 0 Å². The molecule has 2 aliphatic rings. The molecule has 1 N–H and O–H groups in total. The van der Waals surface area contributed by atoms with Gasteiger partial charge in [-0.1, -0.05) is 6.92 Å². The van der Waals surface area contributed by atoms with E-state index in [1.54, 1.807) is 0 Å². The third kappa shape index (κ3) is 4.46. The SMILES string of the molecule is CCCN(CC(=O)N1CCCCC1)C1CCCNC1. The quantitative estimate of drug-likeness (QED) is 0.819. The van der Waals surface area contributed by atoms with Crippen molar-refractivity contribution in [3.05, 3.63) is 0 Å². The Kier molecular flexibility index (Phi) is 6.11. The number of piperidine rings is 2. The van der Waals surface area contributed by atoms with E-state index < -0.39 is 0 Å². The van der Waals surface area contributed by atoms with E-state index in [4.69, 9.17) is 0 Å². The predicted molar refractivity (Wildman–Crippen MR) is 78.2 cm³/mol. The van der Waals surface area contributed by atoms with Gasteiger partial charge in [0.25, 0.3) is 0 Å². The Bertz CT molecular complexity index is 271. The van der Waals surface area contributed by atoms with Crippen LogP contribution in [0.1, 0.15) is 45.4 Å². The molecule has 0 bridgehead atoms. The molecule has 1 amide bonds. The minimum atomic E-state index is 0.346. The minimum absolute atomic E-state index is 0.346. The van der Waals surface area contributed by atoms with Crippen LogP contribution in [0.15, 0.2) is 0 Å². The van der Waals surface area contributed by atoms with Crippen molar-refractivity contribution in [2.45, 2.75) is 51.5 Å². The van der Waals surface area contributed by atoms with E-state index in [-0.39, 0.29) is 0 Å². The van der Waals surface area contributed by atoms with Crippen LogP contribution in [0, 0.1) is 0 Å². The number of carbonyl (C=O) groups excluding carboxylic acids is 1. The molecule has 1 unspecified atom stereocenters. The molecule has 110 valence electrons. The number of amides is 1. The van der Waals surface area contributed by atoms with Crippen LogP contribution < -0.4 is 5.32 Å². The van der Waals surface area contributed by atoms with Crippen molar-refractivity contribution in [1.29, 1.82) is 0 Å². The van der Waals surface area contributed by atoms with Gasteiger partial charge in [0.15, 0.2) is 0 Å². The zero-order valence-electron chi connectivity index (χ0n) is 12.4. The zero-order valence-corrected chi connectivity index (χ0v) is 12.4. The second-order valence-electron chi connectivity index (χ2n) is 5.91. The summed E-state index contributed by atoms with van der Waals surface area (Å²) in [4.78, 5) is 16.9. The fourth-order valence-corrected chi connectivity index (χ4v) is 3.24. The van der Waals surface area contributed by atoms with Crippen LogP contribution in [0.4, 0.5) is 0 Å². The minimum Gasteiger partial charge on any atom is -0.342 e. The first-order valence-electron chi connectivity index (χ1n) is 8.04. The normalized spacial score (nSPS) is 24.7. The molecule has 0 saturated carbocycles. The number of rotatable bonds is 5. The summed E-state index contributed by atoms with van der Waals surface area (Å²) in [5.74, 6) is 0.346. The third-order valence-electron chi connectivity index (χ3n) is 4.35. The summed E-state index contributed by atoms with van der Waals surface area (Å²) in [6.45, 7) is 8.01. The molecule has 1 atom stereocenters. The highest BCUT2D eigenvalue weighted by Crippen LogP contribution is 2.13. The standard InChI is InChI=1S/C15H29N3O/c1-2-9-18(14-7-6-8-16-12-14)13-15(19)17-10-4-3-5-11-17/h14,16H,2-13H2,1H3.